The number of allylic oxidation sites excluding steroid dienone is 3. The molecule has 2 aromatic heterocycles. The van der Waals surface area contributed by atoms with Gasteiger partial charge in [-0.1, -0.05) is 11.6 Å². The molecule has 1 aromatic carbocycles. The smallest absolute Gasteiger partial charge is 0.228 e. The maximum Gasteiger partial charge on any atom is 0.228 e. The number of hydrogen-bond acceptors (Lipinski definition) is 11. The summed E-state index contributed by atoms with van der Waals surface area (Å²) in [5.74, 6) is 1.71. The van der Waals surface area contributed by atoms with Gasteiger partial charge in [0.15, 0.2) is 0 Å². The second-order valence-corrected chi connectivity index (χ2v) is 16.9. The Hall–Kier alpha value is -3.57. The minimum atomic E-state index is -2.67. The summed E-state index contributed by atoms with van der Waals surface area (Å²) in [6.45, 7) is 14.3. The number of methoxy groups -OCH3 is 1. The fourth-order valence-corrected chi connectivity index (χ4v) is 7.49. The molecule has 2 N–H and O–H groups in total. The number of piperidine rings is 1. The Balaban J connectivity index is 1.31. The molecule has 0 bridgehead atoms. The first-order valence-corrected chi connectivity index (χ1v) is 19.7. The van der Waals surface area contributed by atoms with E-state index in [0.29, 0.717) is 39.0 Å². The standard InChI is InChI=1S/C35H47BrN9O2P/c1-25(2)21-31(45-15-10-27(11-16-45)44-19-17-43(3)18-20-44)32(47-4)9-12-39-35-40-23-28(36)34(42-35)41-29-8-7-26(22-33(29)48(5,6)46)30-24-37-13-14-38-30/h7-9,12-14,21-24,27H,10-11,15-20H2,1-6H3,(H2,39,40,41,42)/b12-9+,32-31-. The fourth-order valence-electron chi connectivity index (χ4n) is 6.04. The van der Waals surface area contributed by atoms with Crippen LogP contribution in [0.25, 0.3) is 11.3 Å². The van der Waals surface area contributed by atoms with Crippen molar-refractivity contribution in [3.63, 3.8) is 0 Å². The van der Waals surface area contributed by atoms with Crippen molar-refractivity contribution in [1.29, 1.82) is 0 Å². The van der Waals surface area contributed by atoms with Gasteiger partial charge in [0.2, 0.25) is 5.95 Å². The third-order valence-corrected chi connectivity index (χ3v) is 10.7. The first kappa shape index (κ1) is 35.7. The van der Waals surface area contributed by atoms with Crippen LogP contribution in [0.3, 0.4) is 0 Å². The summed E-state index contributed by atoms with van der Waals surface area (Å²) in [5, 5.41) is 7.26. The van der Waals surface area contributed by atoms with Crippen LogP contribution in [-0.2, 0) is 9.30 Å². The number of hydrogen-bond donors (Lipinski definition) is 2. The number of benzene rings is 1. The highest BCUT2D eigenvalue weighted by atomic mass is 79.9. The Labute approximate surface area is 293 Å². The summed E-state index contributed by atoms with van der Waals surface area (Å²) in [4.78, 5) is 25.2. The number of piperazine rings is 1. The van der Waals surface area contributed by atoms with Crippen molar-refractivity contribution in [3.05, 3.63) is 82.8 Å². The number of nitrogens with one attached hydrogen (secondary N) is 2. The lowest BCUT2D eigenvalue weighted by atomic mass is 10.0. The summed E-state index contributed by atoms with van der Waals surface area (Å²) >= 11 is 3.57. The number of nitrogens with zero attached hydrogens (tertiary/aromatic N) is 7. The second kappa shape index (κ2) is 16.2. The minimum absolute atomic E-state index is 0.401. The van der Waals surface area contributed by atoms with E-state index >= 15 is 0 Å². The molecule has 2 fully saturated rings. The first-order valence-electron chi connectivity index (χ1n) is 16.3. The van der Waals surface area contributed by atoms with Gasteiger partial charge in [-0.15, -0.1) is 0 Å². The van der Waals surface area contributed by atoms with Gasteiger partial charge in [0, 0.05) is 81.0 Å². The van der Waals surface area contributed by atoms with Gasteiger partial charge in [-0.3, -0.25) is 14.9 Å². The van der Waals surface area contributed by atoms with Gasteiger partial charge in [-0.2, -0.15) is 4.98 Å². The molecular formula is C35H47BrN9O2P. The summed E-state index contributed by atoms with van der Waals surface area (Å²) in [5.41, 5.74) is 4.54. The van der Waals surface area contributed by atoms with E-state index < -0.39 is 7.14 Å². The van der Waals surface area contributed by atoms with Gasteiger partial charge in [-0.25, -0.2) is 4.98 Å². The highest BCUT2D eigenvalue weighted by molar-refractivity contribution is 9.10. The largest absolute Gasteiger partial charge is 0.495 e. The molecule has 0 amide bonds. The van der Waals surface area contributed by atoms with Crippen molar-refractivity contribution in [1.82, 2.24) is 34.6 Å². The highest BCUT2D eigenvalue weighted by Gasteiger charge is 2.28. The molecule has 2 aliphatic rings. The molecule has 0 unspecified atom stereocenters. The zero-order chi connectivity index (χ0) is 34.3. The van der Waals surface area contributed by atoms with Crippen LogP contribution < -0.4 is 15.9 Å². The average molecular weight is 737 g/mol. The molecule has 11 nitrogen and oxygen atoms in total. The molecule has 48 heavy (non-hydrogen) atoms. The maximum absolute atomic E-state index is 13.4. The van der Waals surface area contributed by atoms with Gasteiger partial charge < -0.3 is 29.7 Å². The van der Waals surface area contributed by atoms with E-state index in [2.05, 4.69) is 83.2 Å². The van der Waals surface area contributed by atoms with Gasteiger partial charge >= 0.3 is 0 Å². The second-order valence-electron chi connectivity index (χ2n) is 12.9. The number of likely N-dealkylation sites (tertiary alicyclic amines) is 1. The predicted molar refractivity (Wildman–Crippen MR) is 199 cm³/mol. The van der Waals surface area contributed by atoms with Crippen molar-refractivity contribution in [2.24, 2.45) is 0 Å². The van der Waals surface area contributed by atoms with E-state index in [1.165, 1.54) is 5.57 Å². The quantitative estimate of drug-likeness (QED) is 0.134. The highest BCUT2D eigenvalue weighted by Crippen LogP contribution is 2.40. The van der Waals surface area contributed by atoms with Crippen molar-refractivity contribution < 1.29 is 9.30 Å². The molecular weight excluding hydrogens is 689 g/mol. The Morgan fingerprint density at radius 2 is 1.79 bits per heavy atom. The van der Waals surface area contributed by atoms with Crippen LogP contribution in [0.5, 0.6) is 0 Å². The Morgan fingerprint density at radius 3 is 2.44 bits per heavy atom. The summed E-state index contributed by atoms with van der Waals surface area (Å²) in [6.07, 6.45) is 14.9. The third-order valence-electron chi connectivity index (χ3n) is 8.64. The third kappa shape index (κ3) is 9.31. The lowest BCUT2D eigenvalue weighted by molar-refractivity contribution is 0.0754. The first-order chi connectivity index (χ1) is 23.0. The molecule has 0 aliphatic carbocycles. The minimum Gasteiger partial charge on any atom is -0.495 e. The van der Waals surface area contributed by atoms with Gasteiger partial charge in [0.25, 0.3) is 0 Å². The lowest BCUT2D eigenvalue weighted by Gasteiger charge is -2.43. The number of ether oxygens (including phenoxy) is 1. The van der Waals surface area contributed by atoms with Gasteiger partial charge in [-0.05, 0) is 87.3 Å². The normalized spacial score (nSPS) is 17.3. The van der Waals surface area contributed by atoms with Crippen LogP contribution in [-0.4, -0.2) is 107 Å². The maximum atomic E-state index is 13.4. The number of likely N-dealkylation sites (N-methyl/N-ethyl adjacent to an activating group) is 1. The lowest BCUT2D eigenvalue weighted by Crippen LogP contribution is -2.52. The molecule has 0 radical (unpaired) electrons. The molecule has 5 rings (SSSR count). The molecule has 2 aliphatic heterocycles. The monoisotopic (exact) mass is 735 g/mol. The molecule has 0 saturated carbocycles. The van der Waals surface area contributed by atoms with E-state index in [1.807, 2.05) is 24.3 Å². The van der Waals surface area contributed by atoms with Crippen molar-refractivity contribution >= 4 is 45.8 Å². The van der Waals surface area contributed by atoms with E-state index in [0.717, 1.165) is 69.1 Å². The van der Waals surface area contributed by atoms with Crippen LogP contribution in [0.15, 0.2) is 82.8 Å². The molecule has 0 spiro atoms. The van der Waals surface area contributed by atoms with Crippen molar-refractivity contribution in [3.8, 4) is 11.3 Å². The summed E-state index contributed by atoms with van der Waals surface area (Å²) < 4.78 is 20.0. The topological polar surface area (TPSA) is 112 Å². The predicted octanol–water partition coefficient (Wildman–Crippen LogP) is 6.15. The molecule has 3 aromatic rings. The molecule has 4 heterocycles. The fraction of sp³-hybridized carbons (Fsp3) is 0.429. The zero-order valence-electron chi connectivity index (χ0n) is 28.8. The van der Waals surface area contributed by atoms with E-state index in [1.54, 1.807) is 51.4 Å². The SMILES string of the molecule is COC(/C=C/Nc1ncc(Br)c(Nc2ccc(-c3cnccn3)cc2P(C)(C)=O)n1)=C(/C=C(C)C)N1CCC(N2CCN(C)CC2)CC1. The Kier molecular flexibility index (Phi) is 12.1. The van der Waals surface area contributed by atoms with Gasteiger partial charge in [0.1, 0.15) is 18.7 Å². The van der Waals surface area contributed by atoms with E-state index in [4.69, 9.17) is 9.72 Å². The Bertz CT molecular complexity index is 1690. The Morgan fingerprint density at radius 1 is 1.04 bits per heavy atom. The number of aromatic nitrogens is 4. The molecule has 13 heteroatoms. The van der Waals surface area contributed by atoms with Crippen LogP contribution in [0.4, 0.5) is 17.5 Å². The van der Waals surface area contributed by atoms with Crippen LogP contribution in [0.1, 0.15) is 26.7 Å². The van der Waals surface area contributed by atoms with E-state index in [9.17, 15) is 4.57 Å². The summed E-state index contributed by atoms with van der Waals surface area (Å²) in [6, 6.07) is 6.37. The zero-order valence-corrected chi connectivity index (χ0v) is 31.3. The number of anilines is 3. The van der Waals surface area contributed by atoms with Crippen LogP contribution in [0.2, 0.25) is 0 Å². The van der Waals surface area contributed by atoms with Crippen LogP contribution >= 0.6 is 23.1 Å². The van der Waals surface area contributed by atoms with Crippen molar-refractivity contribution in [2.45, 2.75) is 32.7 Å². The number of rotatable bonds is 11. The van der Waals surface area contributed by atoms with Crippen LogP contribution in [0, 0.1) is 0 Å². The van der Waals surface area contributed by atoms with Gasteiger partial charge in [0.05, 0.1) is 34.9 Å². The molecule has 2 saturated heterocycles. The van der Waals surface area contributed by atoms with Crippen molar-refractivity contribution in [2.75, 3.05) is 77.4 Å². The number of halogens is 1. The molecule has 0 atom stereocenters. The van der Waals surface area contributed by atoms with E-state index in [-0.39, 0.29) is 0 Å². The molecule has 256 valence electrons. The average Bonchev–Trinajstić information content (AvgIpc) is 3.08. The summed E-state index contributed by atoms with van der Waals surface area (Å²) in [7, 11) is 1.25.